The summed E-state index contributed by atoms with van der Waals surface area (Å²) in [5.41, 5.74) is 0.927. The number of methoxy groups -OCH3 is 1. The monoisotopic (exact) mass is 341 g/mol. The maximum Gasteiger partial charge on any atom is 0.323 e. The van der Waals surface area contributed by atoms with Crippen molar-refractivity contribution in [2.75, 3.05) is 7.11 Å². The van der Waals surface area contributed by atoms with Gasteiger partial charge in [-0.25, -0.2) is 0 Å². The topological polar surface area (TPSA) is 73.1 Å². The molecule has 0 unspecified atom stereocenters. The minimum absolute atomic E-state index is 0.145. The quantitative estimate of drug-likeness (QED) is 0.792. The van der Waals surface area contributed by atoms with E-state index in [-0.39, 0.29) is 12.0 Å². The van der Waals surface area contributed by atoms with Crippen LogP contribution < -0.4 is 0 Å². The molecule has 2 fully saturated rings. The molecule has 1 aliphatic carbocycles. The van der Waals surface area contributed by atoms with E-state index in [9.17, 15) is 4.79 Å². The van der Waals surface area contributed by atoms with Gasteiger partial charge in [0.15, 0.2) is 5.82 Å². The Hall–Kier alpha value is -2.28. The van der Waals surface area contributed by atoms with Gasteiger partial charge in [-0.1, -0.05) is 31.0 Å². The van der Waals surface area contributed by atoms with Crippen LogP contribution in [0.4, 0.5) is 0 Å². The Morgan fingerprint density at radius 3 is 2.84 bits per heavy atom. The molecule has 0 bridgehead atoms. The van der Waals surface area contributed by atoms with Gasteiger partial charge in [0.2, 0.25) is 0 Å². The first kappa shape index (κ1) is 16.2. The van der Waals surface area contributed by atoms with Gasteiger partial charge in [-0.15, -0.1) is 5.10 Å². The van der Waals surface area contributed by atoms with Crippen LogP contribution in [0.5, 0.6) is 0 Å². The third-order valence-electron chi connectivity index (χ3n) is 5.55. The average Bonchev–Trinajstić information content (AvgIpc) is 3.27. The van der Waals surface area contributed by atoms with Gasteiger partial charge in [0.25, 0.3) is 0 Å². The Morgan fingerprint density at radius 1 is 1.24 bits per heavy atom. The maximum atomic E-state index is 12.3. The first-order chi connectivity index (χ1) is 12.3. The number of benzene rings is 1. The molecule has 3 atom stereocenters. The van der Waals surface area contributed by atoms with Crippen LogP contribution in [-0.4, -0.2) is 50.3 Å². The SMILES string of the molecule is COC(=O)[C@@H]1C[C@@H]2CCCC[C@@H]2N1Cc1nnnn1-c1ccccc1. The molecule has 1 aromatic carbocycles. The molecule has 1 aromatic heterocycles. The fourth-order valence-electron chi connectivity index (χ4n) is 4.39. The number of hydrogen-bond donors (Lipinski definition) is 0. The van der Waals surface area contributed by atoms with Gasteiger partial charge in [-0.3, -0.25) is 9.69 Å². The molecule has 0 amide bonds. The summed E-state index contributed by atoms with van der Waals surface area (Å²) in [6.45, 7) is 0.558. The molecule has 7 heteroatoms. The third kappa shape index (κ3) is 3.04. The molecule has 0 N–H and O–H groups in total. The van der Waals surface area contributed by atoms with Gasteiger partial charge in [-0.2, -0.15) is 4.68 Å². The van der Waals surface area contributed by atoms with Crippen molar-refractivity contribution >= 4 is 5.97 Å². The molecule has 1 saturated heterocycles. The van der Waals surface area contributed by atoms with E-state index < -0.39 is 0 Å². The number of hydrogen-bond acceptors (Lipinski definition) is 6. The van der Waals surface area contributed by atoms with E-state index in [0.717, 1.165) is 24.4 Å². The summed E-state index contributed by atoms with van der Waals surface area (Å²) >= 11 is 0. The molecule has 2 aliphatic rings. The summed E-state index contributed by atoms with van der Waals surface area (Å²) in [6.07, 6.45) is 5.67. The first-order valence-corrected chi connectivity index (χ1v) is 8.94. The number of tetrazole rings is 1. The molecule has 132 valence electrons. The highest BCUT2D eigenvalue weighted by molar-refractivity contribution is 5.76. The molecular weight excluding hydrogens is 318 g/mol. The summed E-state index contributed by atoms with van der Waals surface area (Å²) in [5, 5.41) is 12.2. The van der Waals surface area contributed by atoms with Crippen LogP contribution >= 0.6 is 0 Å². The average molecular weight is 341 g/mol. The molecule has 0 spiro atoms. The number of rotatable bonds is 4. The van der Waals surface area contributed by atoms with E-state index in [4.69, 9.17) is 4.74 Å². The Balaban J connectivity index is 1.62. The Morgan fingerprint density at radius 2 is 2.04 bits per heavy atom. The lowest BCUT2D eigenvalue weighted by Gasteiger charge is -2.32. The molecule has 1 saturated carbocycles. The Kier molecular flexibility index (Phi) is 4.48. The lowest BCUT2D eigenvalue weighted by atomic mass is 9.85. The van der Waals surface area contributed by atoms with Crippen LogP contribution in [0, 0.1) is 5.92 Å². The standard InChI is InChI=1S/C18H23N5O2/c1-25-18(24)16-11-13-7-5-6-10-15(13)22(16)12-17-19-20-21-23(17)14-8-3-2-4-9-14/h2-4,8-9,13,15-16H,5-7,10-12H2,1H3/t13-,15-,16-/m0/s1. The minimum Gasteiger partial charge on any atom is -0.468 e. The summed E-state index contributed by atoms with van der Waals surface area (Å²) in [4.78, 5) is 14.6. The smallest absolute Gasteiger partial charge is 0.323 e. The number of fused-ring (bicyclic) bond motifs is 1. The molecule has 2 aromatic rings. The highest BCUT2D eigenvalue weighted by atomic mass is 16.5. The van der Waals surface area contributed by atoms with E-state index in [1.54, 1.807) is 4.68 Å². The van der Waals surface area contributed by atoms with Crippen molar-refractivity contribution in [2.45, 2.75) is 50.7 Å². The number of carbonyl (C=O) groups excluding carboxylic acids is 1. The van der Waals surface area contributed by atoms with Crippen molar-refractivity contribution in [2.24, 2.45) is 5.92 Å². The van der Waals surface area contributed by atoms with Crippen molar-refractivity contribution in [3.8, 4) is 5.69 Å². The highest BCUT2D eigenvalue weighted by Gasteiger charge is 2.46. The van der Waals surface area contributed by atoms with Gasteiger partial charge in [0.05, 0.1) is 19.3 Å². The zero-order valence-corrected chi connectivity index (χ0v) is 14.4. The van der Waals surface area contributed by atoms with E-state index in [0.29, 0.717) is 18.5 Å². The second kappa shape index (κ2) is 6.92. The van der Waals surface area contributed by atoms with Gasteiger partial charge in [0.1, 0.15) is 6.04 Å². The molecule has 7 nitrogen and oxygen atoms in total. The van der Waals surface area contributed by atoms with Crippen molar-refractivity contribution in [3.63, 3.8) is 0 Å². The number of ether oxygens (including phenoxy) is 1. The fourth-order valence-corrected chi connectivity index (χ4v) is 4.39. The van der Waals surface area contributed by atoms with Crippen LogP contribution in [0.25, 0.3) is 5.69 Å². The van der Waals surface area contributed by atoms with Gasteiger partial charge in [-0.05, 0) is 47.7 Å². The normalized spacial score (nSPS) is 26.4. The lowest BCUT2D eigenvalue weighted by Crippen LogP contribution is -2.42. The Labute approximate surface area is 147 Å². The Bertz CT molecular complexity index is 732. The van der Waals surface area contributed by atoms with Gasteiger partial charge >= 0.3 is 5.97 Å². The summed E-state index contributed by atoms with van der Waals surface area (Å²) in [7, 11) is 1.47. The number of aromatic nitrogens is 4. The van der Waals surface area contributed by atoms with Crippen LogP contribution in [0.15, 0.2) is 30.3 Å². The van der Waals surface area contributed by atoms with Crippen molar-refractivity contribution in [3.05, 3.63) is 36.2 Å². The van der Waals surface area contributed by atoms with Crippen LogP contribution in [0.2, 0.25) is 0 Å². The van der Waals surface area contributed by atoms with Crippen LogP contribution in [0.1, 0.15) is 37.9 Å². The van der Waals surface area contributed by atoms with E-state index >= 15 is 0 Å². The lowest BCUT2D eigenvalue weighted by molar-refractivity contribution is -0.146. The number of para-hydroxylation sites is 1. The maximum absolute atomic E-state index is 12.3. The van der Waals surface area contributed by atoms with Crippen molar-refractivity contribution in [1.29, 1.82) is 0 Å². The largest absolute Gasteiger partial charge is 0.468 e. The molecule has 4 rings (SSSR count). The number of nitrogens with zero attached hydrogens (tertiary/aromatic N) is 5. The zero-order chi connectivity index (χ0) is 17.2. The van der Waals surface area contributed by atoms with E-state index in [1.807, 2.05) is 30.3 Å². The highest BCUT2D eigenvalue weighted by Crippen LogP contribution is 2.40. The number of carbonyl (C=O) groups is 1. The van der Waals surface area contributed by atoms with Crippen LogP contribution in [-0.2, 0) is 16.1 Å². The molecule has 1 aliphatic heterocycles. The minimum atomic E-state index is -0.195. The zero-order valence-electron chi connectivity index (χ0n) is 14.4. The molecule has 2 heterocycles. The van der Waals surface area contributed by atoms with Gasteiger partial charge in [0, 0.05) is 6.04 Å². The van der Waals surface area contributed by atoms with Gasteiger partial charge < -0.3 is 4.74 Å². The van der Waals surface area contributed by atoms with Crippen molar-refractivity contribution < 1.29 is 9.53 Å². The van der Waals surface area contributed by atoms with E-state index in [1.165, 1.54) is 26.4 Å². The summed E-state index contributed by atoms with van der Waals surface area (Å²) < 4.78 is 6.82. The first-order valence-electron chi connectivity index (χ1n) is 8.94. The van der Waals surface area contributed by atoms with Crippen molar-refractivity contribution in [1.82, 2.24) is 25.1 Å². The molecule has 25 heavy (non-hydrogen) atoms. The summed E-state index contributed by atoms with van der Waals surface area (Å²) in [6, 6.07) is 10.1. The second-order valence-corrected chi connectivity index (χ2v) is 6.90. The van der Waals surface area contributed by atoms with E-state index in [2.05, 4.69) is 20.4 Å². The van der Waals surface area contributed by atoms with Crippen LogP contribution in [0.3, 0.4) is 0 Å². The second-order valence-electron chi connectivity index (χ2n) is 6.90. The predicted molar refractivity (Wildman–Crippen MR) is 90.9 cm³/mol. The number of esters is 1. The third-order valence-corrected chi connectivity index (χ3v) is 5.55. The fraction of sp³-hybridized carbons (Fsp3) is 0.556. The molecular formula is C18H23N5O2. The summed E-state index contributed by atoms with van der Waals surface area (Å²) in [5.74, 6) is 1.18. The number of likely N-dealkylation sites (tertiary alicyclic amines) is 1. The molecule has 0 radical (unpaired) electrons. The predicted octanol–water partition coefficient (Wildman–Crippen LogP) is 1.97.